The molecule has 1 aliphatic heterocycles. The smallest absolute Gasteiger partial charge is 0.267 e. The van der Waals surface area contributed by atoms with Gasteiger partial charge in [-0.25, -0.2) is 18.4 Å². The molecular weight excluding hydrogens is 428 g/mol. The third-order valence-corrected chi connectivity index (χ3v) is 6.33. The van der Waals surface area contributed by atoms with Crippen molar-refractivity contribution in [3.05, 3.63) is 59.1 Å². The van der Waals surface area contributed by atoms with Crippen LogP contribution in [-0.4, -0.2) is 77.4 Å². The van der Waals surface area contributed by atoms with Crippen LogP contribution >= 0.6 is 11.5 Å². The lowest BCUT2D eigenvalue weighted by Crippen LogP contribution is -2.58. The summed E-state index contributed by atoms with van der Waals surface area (Å²) in [6.07, 6.45) is 4.19. The van der Waals surface area contributed by atoms with Gasteiger partial charge in [-0.2, -0.15) is 5.10 Å². The van der Waals surface area contributed by atoms with E-state index in [4.69, 9.17) is 0 Å². The van der Waals surface area contributed by atoms with Gasteiger partial charge >= 0.3 is 0 Å². The molecule has 31 heavy (non-hydrogen) atoms. The Hall–Kier alpha value is -2.83. The fourth-order valence-corrected chi connectivity index (χ4v) is 4.36. The first-order valence-electron chi connectivity index (χ1n) is 9.69. The van der Waals surface area contributed by atoms with Gasteiger partial charge in [0.1, 0.15) is 34.8 Å². The Labute approximate surface area is 181 Å². The highest BCUT2D eigenvalue weighted by atomic mass is 32.1. The molecule has 1 amide bonds. The van der Waals surface area contributed by atoms with Crippen LogP contribution in [-0.2, 0) is 12.1 Å². The van der Waals surface area contributed by atoms with Crippen LogP contribution in [0.1, 0.15) is 22.2 Å². The lowest BCUT2D eigenvalue weighted by molar-refractivity contribution is -0.0719. The molecule has 1 saturated heterocycles. The molecular formula is C19H21F2N7O2S. The van der Waals surface area contributed by atoms with Crippen LogP contribution in [0.2, 0.25) is 0 Å². The summed E-state index contributed by atoms with van der Waals surface area (Å²) in [4.78, 5) is 20.6. The Morgan fingerprint density at radius 3 is 2.68 bits per heavy atom. The number of piperazine rings is 1. The maximum atomic E-state index is 14.7. The number of amides is 1. The van der Waals surface area contributed by atoms with Gasteiger partial charge in [0.2, 0.25) is 0 Å². The lowest BCUT2D eigenvalue weighted by Gasteiger charge is -2.44. The van der Waals surface area contributed by atoms with E-state index in [1.165, 1.54) is 29.6 Å². The fraction of sp³-hybridized carbons (Fsp3) is 0.421. The summed E-state index contributed by atoms with van der Waals surface area (Å²) in [6.45, 7) is 3.54. The van der Waals surface area contributed by atoms with E-state index in [1.54, 1.807) is 11.8 Å². The maximum Gasteiger partial charge on any atom is 0.267 e. The summed E-state index contributed by atoms with van der Waals surface area (Å²) in [7, 11) is 0. The highest BCUT2D eigenvalue weighted by Gasteiger charge is 2.43. The minimum Gasteiger partial charge on any atom is -0.381 e. The molecule has 0 radical (unpaired) electrons. The second-order valence-corrected chi connectivity index (χ2v) is 8.21. The summed E-state index contributed by atoms with van der Waals surface area (Å²) < 4.78 is 33.3. The molecule has 1 fully saturated rings. The summed E-state index contributed by atoms with van der Waals surface area (Å²) in [5.41, 5.74) is -1.73. The number of carbonyl (C=O) groups excluding carboxylic acids is 1. The maximum absolute atomic E-state index is 14.7. The molecule has 12 heteroatoms. The lowest BCUT2D eigenvalue weighted by atomic mass is 9.85. The second kappa shape index (κ2) is 8.73. The Balaban J connectivity index is 1.55. The largest absolute Gasteiger partial charge is 0.381 e. The van der Waals surface area contributed by atoms with Gasteiger partial charge in [-0.15, -0.1) is 5.10 Å². The molecule has 0 saturated carbocycles. The van der Waals surface area contributed by atoms with Gasteiger partial charge in [-0.1, -0.05) is 10.6 Å². The molecule has 3 heterocycles. The van der Waals surface area contributed by atoms with Crippen molar-refractivity contribution in [2.45, 2.75) is 25.1 Å². The highest BCUT2D eigenvalue weighted by molar-refractivity contribution is 7.07. The Kier molecular flexibility index (Phi) is 6.03. The van der Waals surface area contributed by atoms with Crippen LogP contribution in [0.25, 0.3) is 0 Å². The summed E-state index contributed by atoms with van der Waals surface area (Å²) in [5, 5.41) is 19.4. The van der Waals surface area contributed by atoms with E-state index in [-0.39, 0.29) is 18.0 Å². The van der Waals surface area contributed by atoms with Gasteiger partial charge in [-0.05, 0) is 24.5 Å². The van der Waals surface area contributed by atoms with E-state index < -0.39 is 23.3 Å². The number of benzene rings is 1. The molecule has 4 rings (SSSR count). The molecule has 164 valence electrons. The number of hydrogen-bond donors (Lipinski definition) is 1. The average Bonchev–Trinajstić information content (AvgIpc) is 3.47. The Morgan fingerprint density at radius 1 is 1.29 bits per heavy atom. The van der Waals surface area contributed by atoms with Gasteiger partial charge in [-0.3, -0.25) is 9.69 Å². The highest BCUT2D eigenvalue weighted by Crippen LogP contribution is 2.33. The number of nitrogens with zero attached hydrogens (tertiary/aromatic N) is 7. The van der Waals surface area contributed by atoms with Crippen molar-refractivity contribution < 1.29 is 18.7 Å². The van der Waals surface area contributed by atoms with E-state index in [2.05, 4.69) is 19.7 Å². The fourth-order valence-electron chi connectivity index (χ4n) is 3.88. The van der Waals surface area contributed by atoms with Crippen LogP contribution in [0.5, 0.6) is 0 Å². The van der Waals surface area contributed by atoms with Crippen LogP contribution in [0, 0.1) is 11.6 Å². The van der Waals surface area contributed by atoms with Gasteiger partial charge in [0.25, 0.3) is 5.91 Å². The van der Waals surface area contributed by atoms with Crippen molar-refractivity contribution >= 4 is 17.4 Å². The number of halogens is 2. The molecule has 0 unspecified atom stereocenters. The van der Waals surface area contributed by atoms with Crippen LogP contribution in [0.15, 0.2) is 37.1 Å². The number of aromatic nitrogens is 5. The van der Waals surface area contributed by atoms with Gasteiger partial charge < -0.3 is 10.0 Å². The molecule has 9 nitrogen and oxygen atoms in total. The van der Waals surface area contributed by atoms with Gasteiger partial charge in [0.15, 0.2) is 0 Å². The molecule has 2 atom stereocenters. The zero-order valence-corrected chi connectivity index (χ0v) is 17.5. The normalized spacial score (nSPS) is 18.0. The minimum absolute atomic E-state index is 0.0221. The number of carbonyl (C=O) groups is 1. The first kappa shape index (κ1) is 21.4. The van der Waals surface area contributed by atoms with Crippen LogP contribution < -0.4 is 0 Å². The van der Waals surface area contributed by atoms with Gasteiger partial charge in [0, 0.05) is 43.9 Å². The van der Waals surface area contributed by atoms with Gasteiger partial charge in [0.05, 0.1) is 12.7 Å². The van der Waals surface area contributed by atoms with Crippen molar-refractivity contribution in [1.82, 2.24) is 34.2 Å². The summed E-state index contributed by atoms with van der Waals surface area (Å²) in [6, 6.07) is 2.58. The van der Waals surface area contributed by atoms with Crippen molar-refractivity contribution in [3.63, 3.8) is 0 Å². The zero-order chi connectivity index (χ0) is 22.0. The van der Waals surface area contributed by atoms with Crippen LogP contribution in [0.3, 0.4) is 0 Å². The number of rotatable bonds is 6. The summed E-state index contributed by atoms with van der Waals surface area (Å²) in [5.74, 6) is -1.69. The van der Waals surface area contributed by atoms with E-state index in [1.807, 2.05) is 4.90 Å². The number of aliphatic hydroxyl groups is 1. The molecule has 1 N–H and O–H groups in total. The molecule has 3 aromatic rings. The van der Waals surface area contributed by atoms with E-state index in [0.717, 1.165) is 23.7 Å². The molecule has 0 bridgehead atoms. The van der Waals surface area contributed by atoms with Crippen LogP contribution in [0.4, 0.5) is 8.78 Å². The molecule has 0 spiro atoms. The first-order valence-corrected chi connectivity index (χ1v) is 10.5. The van der Waals surface area contributed by atoms with E-state index in [0.29, 0.717) is 31.1 Å². The quantitative estimate of drug-likeness (QED) is 0.602. The number of hydrogen-bond acceptors (Lipinski definition) is 8. The van der Waals surface area contributed by atoms with E-state index >= 15 is 0 Å². The zero-order valence-electron chi connectivity index (χ0n) is 16.7. The standard InChI is InChI=1S/C19H21F2N7O2S/c1-13(26-4-6-27(7-5-26)18(29)17-9-23-25-31-17)19(30,10-28-12-22-11-24-28)15-3-2-14(20)8-16(15)21/h2-3,8-9,11-13,30H,4-7,10H2,1H3/t13-,19-/m1/s1. The first-order chi connectivity index (χ1) is 14.9. The van der Waals surface area contributed by atoms with Crippen molar-refractivity contribution in [2.75, 3.05) is 26.2 Å². The SMILES string of the molecule is C[C@@H](N1CCN(C(=O)c2cnns2)CC1)[C@](O)(Cn1cncn1)c1ccc(F)cc1F. The van der Waals surface area contributed by atoms with Crippen molar-refractivity contribution in [3.8, 4) is 0 Å². The predicted octanol–water partition coefficient (Wildman–Crippen LogP) is 1.14. The second-order valence-electron chi connectivity index (χ2n) is 7.43. The topological polar surface area (TPSA) is 100 Å². The summed E-state index contributed by atoms with van der Waals surface area (Å²) >= 11 is 1.04. The molecule has 0 aliphatic carbocycles. The van der Waals surface area contributed by atoms with E-state index in [9.17, 15) is 18.7 Å². The monoisotopic (exact) mass is 449 g/mol. The molecule has 1 aromatic carbocycles. The molecule has 2 aromatic heterocycles. The van der Waals surface area contributed by atoms with Crippen molar-refractivity contribution in [1.29, 1.82) is 0 Å². The minimum atomic E-state index is -1.71. The van der Waals surface area contributed by atoms with Crippen molar-refractivity contribution in [2.24, 2.45) is 0 Å². The predicted molar refractivity (Wildman–Crippen MR) is 107 cm³/mol. The third-order valence-electron chi connectivity index (χ3n) is 5.68. The Bertz CT molecular complexity index is 1030. The Morgan fingerprint density at radius 2 is 2.06 bits per heavy atom. The molecule has 1 aliphatic rings. The third kappa shape index (κ3) is 4.31. The average molecular weight is 449 g/mol.